The second-order valence-electron chi connectivity index (χ2n) is 7.17. The summed E-state index contributed by atoms with van der Waals surface area (Å²) in [6, 6.07) is 14.3. The summed E-state index contributed by atoms with van der Waals surface area (Å²) in [5.41, 5.74) is 1.35. The topological polar surface area (TPSA) is 84.4 Å². The lowest BCUT2D eigenvalue weighted by molar-refractivity contribution is -0.116. The second-order valence-corrected chi connectivity index (χ2v) is 8.59. The lowest BCUT2D eigenvalue weighted by atomic mass is 10.1. The van der Waals surface area contributed by atoms with Crippen molar-refractivity contribution < 1.29 is 14.3 Å². The minimum absolute atomic E-state index is 0.0294. The zero-order valence-electron chi connectivity index (χ0n) is 18.2. The Bertz CT molecular complexity index is 1070. The van der Waals surface area contributed by atoms with Crippen molar-refractivity contribution >= 4 is 39.9 Å². The van der Waals surface area contributed by atoms with Gasteiger partial charge in [-0.15, -0.1) is 10.2 Å². The first kappa shape index (κ1) is 23.7. The maximum atomic E-state index is 13.2. The fourth-order valence-electron chi connectivity index (χ4n) is 3.11. The molecule has 1 heterocycles. The van der Waals surface area contributed by atoms with Gasteiger partial charge in [0, 0.05) is 29.6 Å². The zero-order valence-corrected chi connectivity index (χ0v) is 19.7. The van der Waals surface area contributed by atoms with Gasteiger partial charge in [0.2, 0.25) is 11.0 Å². The van der Waals surface area contributed by atoms with Crippen LogP contribution in [-0.4, -0.2) is 46.6 Å². The lowest BCUT2D eigenvalue weighted by Crippen LogP contribution is -2.40. The normalized spacial score (nSPS) is 11.6. The van der Waals surface area contributed by atoms with E-state index in [1.54, 1.807) is 35.2 Å². The highest BCUT2D eigenvalue weighted by molar-refractivity contribution is 7.18. The number of carbonyl (C=O) groups excluding carboxylic acids is 2. The minimum atomic E-state index is -0.232. The standard InChI is InChI=1S/C23H25ClN4O3S/c1-4-15(2)28(22(30)18-7-5-6-8-19(18)31-3)14-13-20(29)25-23-27-26-21(32-23)16-9-11-17(24)12-10-16/h5-12,15H,4,13-14H2,1-3H3,(H,25,27,29)/t15-/m1/s1. The number of halogens is 1. The van der Waals surface area contributed by atoms with E-state index in [0.717, 1.165) is 12.0 Å². The SMILES string of the molecule is CC[C@@H](C)N(CCC(=O)Nc1nnc(-c2ccc(Cl)cc2)s1)C(=O)c1ccccc1OC. The van der Waals surface area contributed by atoms with Crippen LogP contribution in [0.25, 0.3) is 10.6 Å². The van der Waals surface area contributed by atoms with Gasteiger partial charge < -0.3 is 15.0 Å². The van der Waals surface area contributed by atoms with Gasteiger partial charge in [-0.25, -0.2) is 0 Å². The Morgan fingerprint density at radius 3 is 2.56 bits per heavy atom. The molecule has 9 heteroatoms. The fourth-order valence-corrected chi connectivity index (χ4v) is 4.00. The number of carbonyl (C=O) groups is 2. The van der Waals surface area contributed by atoms with Crippen LogP contribution in [0.5, 0.6) is 5.75 Å². The monoisotopic (exact) mass is 472 g/mol. The molecule has 0 spiro atoms. The Morgan fingerprint density at radius 1 is 1.16 bits per heavy atom. The zero-order chi connectivity index (χ0) is 23.1. The highest BCUT2D eigenvalue weighted by Gasteiger charge is 2.24. The van der Waals surface area contributed by atoms with Crippen LogP contribution in [0.1, 0.15) is 37.0 Å². The van der Waals surface area contributed by atoms with Crippen molar-refractivity contribution in [2.24, 2.45) is 0 Å². The van der Waals surface area contributed by atoms with Crippen LogP contribution >= 0.6 is 22.9 Å². The predicted molar refractivity (Wildman–Crippen MR) is 127 cm³/mol. The molecule has 3 aromatic rings. The lowest BCUT2D eigenvalue weighted by Gasteiger charge is -2.29. The van der Waals surface area contributed by atoms with Gasteiger partial charge in [0.05, 0.1) is 12.7 Å². The van der Waals surface area contributed by atoms with Crippen molar-refractivity contribution in [3.63, 3.8) is 0 Å². The number of hydrogen-bond donors (Lipinski definition) is 1. The molecule has 1 aromatic heterocycles. The molecule has 168 valence electrons. The second kappa shape index (κ2) is 11.1. The molecule has 2 aromatic carbocycles. The van der Waals surface area contributed by atoms with E-state index in [1.165, 1.54) is 18.4 Å². The van der Waals surface area contributed by atoms with Gasteiger partial charge in [-0.1, -0.05) is 54.1 Å². The van der Waals surface area contributed by atoms with E-state index in [-0.39, 0.29) is 30.8 Å². The van der Waals surface area contributed by atoms with Crippen molar-refractivity contribution in [3.8, 4) is 16.3 Å². The average molecular weight is 473 g/mol. The molecule has 1 N–H and O–H groups in total. The van der Waals surface area contributed by atoms with Crippen molar-refractivity contribution in [1.29, 1.82) is 0 Å². The summed E-state index contributed by atoms with van der Waals surface area (Å²) in [7, 11) is 1.54. The third kappa shape index (κ3) is 5.83. The molecule has 7 nitrogen and oxygen atoms in total. The van der Waals surface area contributed by atoms with Gasteiger partial charge in [-0.3, -0.25) is 9.59 Å². The number of nitrogens with zero attached hydrogens (tertiary/aromatic N) is 3. The van der Waals surface area contributed by atoms with E-state index < -0.39 is 0 Å². The summed E-state index contributed by atoms with van der Waals surface area (Å²) in [4.78, 5) is 27.4. The van der Waals surface area contributed by atoms with Gasteiger partial charge >= 0.3 is 0 Å². The van der Waals surface area contributed by atoms with E-state index in [9.17, 15) is 9.59 Å². The predicted octanol–water partition coefficient (Wildman–Crippen LogP) is 5.14. The van der Waals surface area contributed by atoms with Gasteiger partial charge in [-0.2, -0.15) is 0 Å². The van der Waals surface area contributed by atoms with Gasteiger partial charge in [0.1, 0.15) is 10.8 Å². The van der Waals surface area contributed by atoms with E-state index in [0.29, 0.717) is 26.5 Å². The molecule has 2 amide bonds. The minimum Gasteiger partial charge on any atom is -0.496 e. The molecule has 1 atom stereocenters. The average Bonchev–Trinajstić information content (AvgIpc) is 3.27. The van der Waals surface area contributed by atoms with Gasteiger partial charge in [0.15, 0.2) is 0 Å². The Hall–Kier alpha value is -2.97. The summed E-state index contributed by atoms with van der Waals surface area (Å²) in [6.07, 6.45) is 0.907. The maximum Gasteiger partial charge on any atom is 0.257 e. The number of nitrogens with one attached hydrogen (secondary N) is 1. The first-order valence-corrected chi connectivity index (χ1v) is 11.5. The molecule has 0 aliphatic rings. The van der Waals surface area contributed by atoms with Crippen LogP contribution in [0.15, 0.2) is 48.5 Å². The largest absolute Gasteiger partial charge is 0.496 e. The van der Waals surface area contributed by atoms with Gasteiger partial charge in [-0.05, 0) is 37.6 Å². The van der Waals surface area contributed by atoms with Crippen molar-refractivity contribution in [2.75, 3.05) is 19.0 Å². The Labute approximate surface area is 196 Å². The molecule has 3 rings (SSSR count). The third-order valence-electron chi connectivity index (χ3n) is 5.06. The van der Waals surface area contributed by atoms with Crippen molar-refractivity contribution in [3.05, 3.63) is 59.1 Å². The summed E-state index contributed by atoms with van der Waals surface area (Å²) >= 11 is 7.20. The molecule has 0 saturated heterocycles. The first-order chi connectivity index (χ1) is 15.4. The number of para-hydroxylation sites is 1. The maximum absolute atomic E-state index is 13.2. The summed E-state index contributed by atoms with van der Waals surface area (Å²) < 4.78 is 5.33. The van der Waals surface area contributed by atoms with Crippen molar-refractivity contribution in [1.82, 2.24) is 15.1 Å². The third-order valence-corrected chi connectivity index (χ3v) is 6.20. The smallest absolute Gasteiger partial charge is 0.257 e. The molecule has 0 saturated carbocycles. The van der Waals surface area contributed by atoms with Crippen LogP contribution in [0.3, 0.4) is 0 Å². The van der Waals surface area contributed by atoms with Crippen LogP contribution in [-0.2, 0) is 4.79 Å². The van der Waals surface area contributed by atoms with E-state index in [2.05, 4.69) is 15.5 Å². The molecule has 0 fully saturated rings. The summed E-state index contributed by atoms with van der Waals surface area (Å²) in [5, 5.41) is 12.7. The number of benzene rings is 2. The molecular formula is C23H25ClN4O3S. The highest BCUT2D eigenvalue weighted by Crippen LogP contribution is 2.27. The summed E-state index contributed by atoms with van der Waals surface area (Å²) in [6.45, 7) is 4.25. The number of aromatic nitrogens is 2. The van der Waals surface area contributed by atoms with Crippen LogP contribution in [0.2, 0.25) is 5.02 Å². The first-order valence-electron chi connectivity index (χ1n) is 10.3. The van der Waals surface area contributed by atoms with Crippen LogP contribution in [0, 0.1) is 0 Å². The number of methoxy groups -OCH3 is 1. The number of rotatable bonds is 9. The summed E-state index contributed by atoms with van der Waals surface area (Å²) in [5.74, 6) is 0.120. The van der Waals surface area contributed by atoms with Gasteiger partial charge in [0.25, 0.3) is 5.91 Å². The molecule has 0 bridgehead atoms. The van der Waals surface area contributed by atoms with Crippen LogP contribution < -0.4 is 10.1 Å². The van der Waals surface area contributed by atoms with E-state index in [4.69, 9.17) is 16.3 Å². The Morgan fingerprint density at radius 2 is 1.88 bits per heavy atom. The number of anilines is 1. The Balaban J connectivity index is 1.64. The van der Waals surface area contributed by atoms with Crippen LogP contribution in [0.4, 0.5) is 5.13 Å². The number of amides is 2. The molecule has 0 unspecified atom stereocenters. The number of ether oxygens (including phenoxy) is 1. The van der Waals surface area contributed by atoms with Crippen molar-refractivity contribution in [2.45, 2.75) is 32.7 Å². The fraction of sp³-hybridized carbons (Fsp3) is 0.304. The highest BCUT2D eigenvalue weighted by atomic mass is 35.5. The quantitative estimate of drug-likeness (QED) is 0.466. The molecule has 0 radical (unpaired) electrons. The molecule has 0 aliphatic carbocycles. The Kier molecular flexibility index (Phi) is 8.19. The molecule has 32 heavy (non-hydrogen) atoms. The van der Waals surface area contributed by atoms with E-state index >= 15 is 0 Å². The molecular weight excluding hydrogens is 448 g/mol. The van der Waals surface area contributed by atoms with E-state index in [1.807, 2.05) is 32.0 Å². The number of hydrogen-bond acceptors (Lipinski definition) is 6. The molecule has 0 aliphatic heterocycles.